The highest BCUT2D eigenvalue weighted by atomic mass is 16.5. The summed E-state index contributed by atoms with van der Waals surface area (Å²) in [5, 5.41) is 0. The number of hydrogen-bond donors (Lipinski definition) is 0. The molecule has 1 heterocycles. The van der Waals surface area contributed by atoms with E-state index >= 15 is 0 Å². The molecule has 1 aliphatic carbocycles. The Morgan fingerprint density at radius 1 is 0.686 bits per heavy atom. The Morgan fingerprint density at radius 3 is 1.89 bits per heavy atom. The molecule has 0 N–H and O–H groups in total. The molecule has 3 rings (SSSR count). The number of unbranched alkanes of at least 4 members (excludes halogenated alkanes) is 13. The lowest BCUT2D eigenvalue weighted by Crippen LogP contribution is -1.97. The molecule has 0 radical (unpaired) electrons. The van der Waals surface area contributed by atoms with Crippen molar-refractivity contribution in [2.45, 2.75) is 129 Å². The third kappa shape index (κ3) is 12.6. The molecule has 0 bridgehead atoms. The molecule has 3 nitrogen and oxygen atoms in total. The van der Waals surface area contributed by atoms with Gasteiger partial charge in [-0.05, 0) is 55.0 Å². The van der Waals surface area contributed by atoms with E-state index < -0.39 is 0 Å². The van der Waals surface area contributed by atoms with Crippen LogP contribution >= 0.6 is 0 Å². The second-order valence-electron chi connectivity index (χ2n) is 10.7. The fraction of sp³-hybridized carbons (Fsp3) is 0.688. The number of aryl methyl sites for hydroxylation is 1. The van der Waals surface area contributed by atoms with Gasteiger partial charge in [0.25, 0.3) is 0 Å². The first-order valence-corrected chi connectivity index (χ1v) is 14.9. The fourth-order valence-corrected chi connectivity index (χ4v) is 4.81. The van der Waals surface area contributed by atoms with Crippen LogP contribution in [0.2, 0.25) is 0 Å². The van der Waals surface area contributed by atoms with E-state index in [9.17, 15) is 0 Å². The lowest BCUT2D eigenvalue weighted by atomic mass is 10.1. The minimum Gasteiger partial charge on any atom is -0.494 e. The summed E-state index contributed by atoms with van der Waals surface area (Å²) < 4.78 is 5.94. The summed E-state index contributed by atoms with van der Waals surface area (Å²) in [5.41, 5.74) is 2.30. The minimum atomic E-state index is 0.799. The predicted octanol–water partition coefficient (Wildman–Crippen LogP) is 9.74. The zero-order chi connectivity index (χ0) is 24.4. The van der Waals surface area contributed by atoms with Gasteiger partial charge in [-0.25, -0.2) is 9.97 Å². The van der Waals surface area contributed by atoms with Gasteiger partial charge < -0.3 is 4.74 Å². The molecule has 194 valence electrons. The van der Waals surface area contributed by atoms with Gasteiger partial charge in [-0.1, -0.05) is 110 Å². The van der Waals surface area contributed by atoms with Crippen LogP contribution in [0.1, 0.15) is 128 Å². The monoisotopic (exact) mass is 478 g/mol. The summed E-state index contributed by atoms with van der Waals surface area (Å²) in [6.07, 6.45) is 29.9. The van der Waals surface area contributed by atoms with Crippen molar-refractivity contribution in [3.63, 3.8) is 0 Å². The largest absolute Gasteiger partial charge is 0.494 e. The van der Waals surface area contributed by atoms with Crippen molar-refractivity contribution in [1.82, 2.24) is 9.97 Å². The maximum absolute atomic E-state index is 5.94. The van der Waals surface area contributed by atoms with Gasteiger partial charge in [0, 0.05) is 18.0 Å². The second kappa shape index (κ2) is 17.5. The molecule has 1 fully saturated rings. The van der Waals surface area contributed by atoms with Crippen LogP contribution in [0.15, 0.2) is 36.7 Å². The van der Waals surface area contributed by atoms with Gasteiger partial charge in [-0.2, -0.15) is 0 Å². The predicted molar refractivity (Wildman–Crippen MR) is 149 cm³/mol. The molecule has 1 aromatic carbocycles. The van der Waals surface area contributed by atoms with Gasteiger partial charge >= 0.3 is 0 Å². The summed E-state index contributed by atoms with van der Waals surface area (Å²) in [4.78, 5) is 9.22. The van der Waals surface area contributed by atoms with Crippen LogP contribution < -0.4 is 4.74 Å². The van der Waals surface area contributed by atoms with E-state index in [4.69, 9.17) is 4.74 Å². The third-order valence-electron chi connectivity index (χ3n) is 7.36. The van der Waals surface area contributed by atoms with Crippen LogP contribution in [0.4, 0.5) is 0 Å². The molecule has 1 aromatic heterocycles. The summed E-state index contributed by atoms with van der Waals surface area (Å²) in [6.45, 7) is 3.09. The molecule has 2 aromatic rings. The van der Waals surface area contributed by atoms with Gasteiger partial charge in [0.15, 0.2) is 5.82 Å². The first kappa shape index (κ1) is 27.7. The second-order valence-corrected chi connectivity index (χ2v) is 10.7. The Balaban J connectivity index is 1.22. The summed E-state index contributed by atoms with van der Waals surface area (Å²) in [5.74, 6) is 2.84. The SMILES string of the molecule is CCCCCCCCCCc1cnc(-c2ccc(OCCCCCCCCCC3CC3)cc2)nc1. The molecule has 0 spiro atoms. The highest BCUT2D eigenvalue weighted by Crippen LogP contribution is 2.34. The number of aromatic nitrogens is 2. The lowest BCUT2D eigenvalue weighted by Gasteiger charge is -2.08. The van der Waals surface area contributed by atoms with Gasteiger partial charge in [0.1, 0.15) is 5.75 Å². The van der Waals surface area contributed by atoms with Crippen LogP contribution in [-0.4, -0.2) is 16.6 Å². The van der Waals surface area contributed by atoms with Crippen molar-refractivity contribution in [2.24, 2.45) is 5.92 Å². The number of nitrogens with zero attached hydrogens (tertiary/aromatic N) is 2. The average Bonchev–Trinajstić information content (AvgIpc) is 3.72. The Labute approximate surface area is 215 Å². The Kier molecular flexibility index (Phi) is 13.9. The number of ether oxygens (including phenoxy) is 1. The fourth-order valence-electron chi connectivity index (χ4n) is 4.81. The maximum Gasteiger partial charge on any atom is 0.159 e. The van der Waals surface area contributed by atoms with Crippen molar-refractivity contribution in [3.8, 4) is 17.1 Å². The van der Waals surface area contributed by atoms with Gasteiger partial charge in [0.05, 0.1) is 6.61 Å². The minimum absolute atomic E-state index is 0.799. The number of rotatable bonds is 21. The van der Waals surface area contributed by atoms with E-state index in [1.165, 1.54) is 115 Å². The molecule has 0 amide bonds. The molecule has 0 unspecified atom stereocenters. The lowest BCUT2D eigenvalue weighted by molar-refractivity contribution is 0.304. The van der Waals surface area contributed by atoms with Crippen LogP contribution in [0.5, 0.6) is 5.75 Å². The van der Waals surface area contributed by atoms with E-state index in [0.717, 1.165) is 42.5 Å². The molecule has 1 aliphatic rings. The highest BCUT2D eigenvalue weighted by molar-refractivity contribution is 5.55. The standard InChI is InChI=1S/C32H50N2O/c1-2-3-4-5-6-8-12-15-18-29-26-33-32(34-27-29)30-21-23-31(24-22-30)35-25-16-13-10-7-9-11-14-17-28-19-20-28/h21-24,26-28H,2-20,25H2,1H3. The first-order chi connectivity index (χ1) is 17.3. The molecule has 0 atom stereocenters. The van der Waals surface area contributed by atoms with Crippen LogP contribution in [0, 0.1) is 5.92 Å². The average molecular weight is 479 g/mol. The van der Waals surface area contributed by atoms with E-state index in [2.05, 4.69) is 29.0 Å². The van der Waals surface area contributed by atoms with Crippen molar-refractivity contribution in [1.29, 1.82) is 0 Å². The van der Waals surface area contributed by atoms with Crippen LogP contribution in [-0.2, 0) is 6.42 Å². The van der Waals surface area contributed by atoms with Crippen LogP contribution in [0.25, 0.3) is 11.4 Å². The molecule has 1 saturated carbocycles. The van der Waals surface area contributed by atoms with Crippen LogP contribution in [0.3, 0.4) is 0 Å². The normalized spacial score (nSPS) is 13.3. The van der Waals surface area contributed by atoms with Gasteiger partial charge in [-0.15, -0.1) is 0 Å². The first-order valence-electron chi connectivity index (χ1n) is 14.9. The van der Waals surface area contributed by atoms with Crippen molar-refractivity contribution in [2.75, 3.05) is 6.61 Å². The molecule has 0 saturated heterocycles. The smallest absolute Gasteiger partial charge is 0.159 e. The Morgan fingerprint density at radius 2 is 1.26 bits per heavy atom. The molecule has 3 heteroatoms. The van der Waals surface area contributed by atoms with Gasteiger partial charge in [0.2, 0.25) is 0 Å². The molecule has 35 heavy (non-hydrogen) atoms. The number of benzene rings is 1. The molecule has 0 aliphatic heterocycles. The Hall–Kier alpha value is -1.90. The summed E-state index contributed by atoms with van der Waals surface area (Å²) in [6, 6.07) is 8.25. The Bertz CT molecular complexity index is 767. The van der Waals surface area contributed by atoms with Gasteiger partial charge in [-0.3, -0.25) is 0 Å². The maximum atomic E-state index is 5.94. The zero-order valence-corrected chi connectivity index (χ0v) is 22.5. The topological polar surface area (TPSA) is 35.0 Å². The third-order valence-corrected chi connectivity index (χ3v) is 7.36. The molecular formula is C32H50N2O. The summed E-state index contributed by atoms with van der Waals surface area (Å²) in [7, 11) is 0. The van der Waals surface area contributed by atoms with E-state index in [1.54, 1.807) is 0 Å². The zero-order valence-electron chi connectivity index (χ0n) is 22.5. The van der Waals surface area contributed by atoms with E-state index in [1.807, 2.05) is 24.5 Å². The van der Waals surface area contributed by atoms with E-state index in [-0.39, 0.29) is 0 Å². The van der Waals surface area contributed by atoms with Crippen molar-refractivity contribution < 1.29 is 4.74 Å². The molecular weight excluding hydrogens is 428 g/mol. The van der Waals surface area contributed by atoms with Crippen molar-refractivity contribution in [3.05, 3.63) is 42.2 Å². The summed E-state index contributed by atoms with van der Waals surface area (Å²) >= 11 is 0. The quantitative estimate of drug-likeness (QED) is 0.167. The van der Waals surface area contributed by atoms with Crippen molar-refractivity contribution >= 4 is 0 Å². The number of hydrogen-bond acceptors (Lipinski definition) is 3. The highest BCUT2D eigenvalue weighted by Gasteiger charge is 2.19. The van der Waals surface area contributed by atoms with E-state index in [0.29, 0.717) is 0 Å².